The second-order valence-corrected chi connectivity index (χ2v) is 6.15. The molecule has 2 aliphatic heterocycles. The van der Waals surface area contributed by atoms with E-state index in [9.17, 15) is 14.4 Å². The van der Waals surface area contributed by atoms with Gasteiger partial charge in [-0.3, -0.25) is 9.59 Å². The van der Waals surface area contributed by atoms with Crippen molar-refractivity contribution < 1.29 is 14.4 Å². The average Bonchev–Trinajstić information content (AvgIpc) is 2.71. The molecule has 4 amide bonds. The normalized spacial score (nSPS) is 21.3. The molecule has 1 aromatic carbocycles. The highest BCUT2D eigenvalue weighted by molar-refractivity contribution is 7.99. The minimum atomic E-state index is -0.521. The lowest BCUT2D eigenvalue weighted by atomic mass is 10.2. The van der Waals surface area contributed by atoms with Gasteiger partial charge in [-0.2, -0.15) is 0 Å². The number of hydrogen-bond donors (Lipinski definition) is 1. The molecule has 0 aliphatic carbocycles. The maximum absolute atomic E-state index is 12.1. The molecule has 1 saturated heterocycles. The molecule has 7 heteroatoms. The summed E-state index contributed by atoms with van der Waals surface area (Å²) in [6, 6.07) is 4.38. The van der Waals surface area contributed by atoms with E-state index in [1.54, 1.807) is 35.7 Å². The summed E-state index contributed by atoms with van der Waals surface area (Å²) >= 11 is 1.67. The molecule has 1 N–H and O–H groups in total. The third kappa shape index (κ3) is 2.27. The van der Waals surface area contributed by atoms with Crippen molar-refractivity contribution in [1.29, 1.82) is 0 Å². The fraction of sp³-hybridized carbons (Fsp3) is 0.357. The number of imide groups is 1. The molecule has 1 aromatic rings. The predicted molar refractivity (Wildman–Crippen MR) is 80.7 cm³/mol. The highest BCUT2D eigenvalue weighted by atomic mass is 32.2. The van der Waals surface area contributed by atoms with Crippen molar-refractivity contribution in [3.63, 3.8) is 0 Å². The maximum Gasteiger partial charge on any atom is 0.329 e. The molecule has 3 rings (SSSR count). The van der Waals surface area contributed by atoms with Crippen molar-refractivity contribution in [3.8, 4) is 0 Å². The second kappa shape index (κ2) is 5.07. The molecule has 1 fully saturated rings. The molecule has 0 spiro atoms. The SMILES string of the molecule is CC(=O)N1CCSc2ccc(N3C(=O)N[C@H](C)C3=O)cc21. The van der Waals surface area contributed by atoms with Crippen molar-refractivity contribution in [2.75, 3.05) is 22.1 Å². The van der Waals surface area contributed by atoms with Crippen LogP contribution in [0.5, 0.6) is 0 Å². The zero-order valence-corrected chi connectivity index (χ0v) is 12.6. The monoisotopic (exact) mass is 305 g/mol. The van der Waals surface area contributed by atoms with Crippen LogP contribution in [0.2, 0.25) is 0 Å². The van der Waals surface area contributed by atoms with Crippen molar-refractivity contribution >= 4 is 41.0 Å². The summed E-state index contributed by atoms with van der Waals surface area (Å²) in [5.41, 5.74) is 1.26. The number of amides is 4. The van der Waals surface area contributed by atoms with E-state index in [2.05, 4.69) is 5.32 Å². The molecular formula is C14H15N3O3S. The molecule has 0 radical (unpaired) electrons. The Bertz CT molecular complexity index is 646. The third-order valence-electron chi connectivity index (χ3n) is 3.58. The van der Waals surface area contributed by atoms with E-state index in [0.717, 1.165) is 21.2 Å². The van der Waals surface area contributed by atoms with Crippen LogP contribution < -0.4 is 15.1 Å². The fourth-order valence-electron chi connectivity index (χ4n) is 2.52. The van der Waals surface area contributed by atoms with E-state index in [-0.39, 0.29) is 11.8 Å². The smallest absolute Gasteiger partial charge is 0.326 e. The van der Waals surface area contributed by atoms with Crippen LogP contribution in [0.1, 0.15) is 13.8 Å². The van der Waals surface area contributed by atoms with Crippen LogP contribution in [0.15, 0.2) is 23.1 Å². The van der Waals surface area contributed by atoms with Gasteiger partial charge in [0.15, 0.2) is 0 Å². The van der Waals surface area contributed by atoms with Gasteiger partial charge in [0.2, 0.25) is 5.91 Å². The summed E-state index contributed by atoms with van der Waals surface area (Å²) in [5.74, 6) is 0.517. The Morgan fingerprint density at radius 2 is 2.14 bits per heavy atom. The molecule has 6 nitrogen and oxygen atoms in total. The number of thioether (sulfide) groups is 1. The highest BCUT2D eigenvalue weighted by Crippen LogP contribution is 2.38. The van der Waals surface area contributed by atoms with Gasteiger partial charge in [-0.15, -0.1) is 11.8 Å². The maximum atomic E-state index is 12.1. The number of carbonyl (C=O) groups excluding carboxylic acids is 3. The summed E-state index contributed by atoms with van der Waals surface area (Å²) in [4.78, 5) is 39.5. The first kappa shape index (κ1) is 13.9. The molecule has 0 aromatic heterocycles. The summed E-state index contributed by atoms with van der Waals surface area (Å²) in [5, 5.41) is 2.58. The summed E-state index contributed by atoms with van der Waals surface area (Å²) in [7, 11) is 0. The number of carbonyl (C=O) groups is 3. The van der Waals surface area contributed by atoms with E-state index in [0.29, 0.717) is 12.2 Å². The Kier molecular flexibility index (Phi) is 3.36. The van der Waals surface area contributed by atoms with E-state index in [1.165, 1.54) is 6.92 Å². The first-order chi connectivity index (χ1) is 9.99. The van der Waals surface area contributed by atoms with Crippen LogP contribution in [0.3, 0.4) is 0 Å². The molecule has 0 saturated carbocycles. The molecular weight excluding hydrogens is 290 g/mol. The van der Waals surface area contributed by atoms with Crippen molar-refractivity contribution in [2.24, 2.45) is 0 Å². The van der Waals surface area contributed by atoms with Gasteiger partial charge < -0.3 is 10.2 Å². The number of fused-ring (bicyclic) bond motifs is 1. The second-order valence-electron chi connectivity index (χ2n) is 5.02. The molecule has 1 atom stereocenters. The number of anilines is 2. The third-order valence-corrected chi connectivity index (χ3v) is 4.62. The van der Waals surface area contributed by atoms with Crippen LogP contribution in [0.4, 0.5) is 16.2 Å². The summed E-state index contributed by atoms with van der Waals surface area (Å²) < 4.78 is 0. The summed E-state index contributed by atoms with van der Waals surface area (Å²) in [6.45, 7) is 3.80. The van der Waals surface area contributed by atoms with Gasteiger partial charge in [0, 0.05) is 24.1 Å². The zero-order valence-electron chi connectivity index (χ0n) is 11.8. The van der Waals surface area contributed by atoms with Crippen molar-refractivity contribution in [3.05, 3.63) is 18.2 Å². The molecule has 110 valence electrons. The Hall–Kier alpha value is -2.02. The highest BCUT2D eigenvalue weighted by Gasteiger charge is 2.36. The number of rotatable bonds is 1. The lowest BCUT2D eigenvalue weighted by Crippen LogP contribution is -2.34. The van der Waals surface area contributed by atoms with Gasteiger partial charge >= 0.3 is 6.03 Å². The molecule has 21 heavy (non-hydrogen) atoms. The van der Waals surface area contributed by atoms with Crippen LogP contribution in [-0.4, -0.2) is 36.2 Å². The number of hydrogen-bond acceptors (Lipinski definition) is 4. The minimum absolute atomic E-state index is 0.0423. The van der Waals surface area contributed by atoms with E-state index in [1.807, 2.05) is 6.07 Å². The topological polar surface area (TPSA) is 69.7 Å². The summed E-state index contributed by atoms with van der Waals surface area (Å²) in [6.07, 6.45) is 0. The van der Waals surface area contributed by atoms with Crippen LogP contribution in [0.25, 0.3) is 0 Å². The first-order valence-electron chi connectivity index (χ1n) is 6.68. The zero-order chi connectivity index (χ0) is 15.1. The fourth-order valence-corrected chi connectivity index (χ4v) is 3.50. The molecule has 2 aliphatic rings. The van der Waals surface area contributed by atoms with Crippen LogP contribution in [-0.2, 0) is 9.59 Å². The molecule has 2 heterocycles. The number of nitrogens with one attached hydrogen (secondary N) is 1. The standard InChI is InChI=1S/C14H15N3O3S/c1-8-13(19)17(14(20)15-8)10-3-4-12-11(7-10)16(9(2)18)5-6-21-12/h3-4,7-8H,5-6H2,1-2H3,(H,15,20)/t8-/m1/s1. The van der Waals surface area contributed by atoms with E-state index < -0.39 is 12.1 Å². The Morgan fingerprint density at radius 1 is 1.38 bits per heavy atom. The van der Waals surface area contributed by atoms with Gasteiger partial charge in [0.1, 0.15) is 6.04 Å². The molecule has 0 bridgehead atoms. The Balaban J connectivity index is 2.03. The number of benzene rings is 1. The van der Waals surface area contributed by atoms with Gasteiger partial charge in [0.05, 0.1) is 11.4 Å². The predicted octanol–water partition coefficient (Wildman–Crippen LogP) is 1.59. The Morgan fingerprint density at radius 3 is 2.76 bits per heavy atom. The van der Waals surface area contributed by atoms with Gasteiger partial charge in [0.25, 0.3) is 5.91 Å². The number of nitrogens with zero attached hydrogens (tertiary/aromatic N) is 2. The lowest BCUT2D eigenvalue weighted by molar-refractivity contribution is -0.118. The van der Waals surface area contributed by atoms with Gasteiger partial charge in [-0.05, 0) is 25.1 Å². The lowest BCUT2D eigenvalue weighted by Gasteiger charge is -2.29. The van der Waals surface area contributed by atoms with Crippen LogP contribution in [0, 0.1) is 0 Å². The number of urea groups is 1. The van der Waals surface area contributed by atoms with E-state index in [4.69, 9.17) is 0 Å². The van der Waals surface area contributed by atoms with E-state index >= 15 is 0 Å². The first-order valence-corrected chi connectivity index (χ1v) is 7.67. The minimum Gasteiger partial charge on any atom is -0.326 e. The Labute approximate surface area is 126 Å². The van der Waals surface area contributed by atoms with Gasteiger partial charge in [-0.1, -0.05) is 0 Å². The van der Waals surface area contributed by atoms with Gasteiger partial charge in [-0.25, -0.2) is 9.69 Å². The van der Waals surface area contributed by atoms with Crippen molar-refractivity contribution in [1.82, 2.24) is 5.32 Å². The largest absolute Gasteiger partial charge is 0.329 e. The quantitative estimate of drug-likeness (QED) is 0.800. The van der Waals surface area contributed by atoms with Crippen molar-refractivity contribution in [2.45, 2.75) is 24.8 Å². The average molecular weight is 305 g/mol. The molecule has 0 unspecified atom stereocenters. The van der Waals surface area contributed by atoms with Crippen LogP contribution >= 0.6 is 11.8 Å².